The Bertz CT molecular complexity index is 1210. The van der Waals surface area contributed by atoms with Crippen molar-refractivity contribution in [3.8, 4) is 0 Å². The van der Waals surface area contributed by atoms with E-state index < -0.39 is 0 Å². The number of carbonyl (C=O) groups excluding carboxylic acids is 2. The minimum atomic E-state index is -0.171. The van der Waals surface area contributed by atoms with E-state index in [1.54, 1.807) is 0 Å². The Labute approximate surface area is 241 Å². The molecule has 0 saturated carbocycles. The Morgan fingerprint density at radius 1 is 0.737 bits per heavy atom. The van der Waals surface area contributed by atoms with Crippen molar-refractivity contribution in [2.45, 2.75) is 6.42 Å². The zero-order valence-electron chi connectivity index (χ0n) is 20.9. The van der Waals surface area contributed by atoms with Crippen molar-refractivity contribution in [3.05, 3.63) is 107 Å². The van der Waals surface area contributed by atoms with Crippen molar-refractivity contribution in [1.82, 2.24) is 9.80 Å². The number of carbonyl (C=O) groups is 2. The highest BCUT2D eigenvalue weighted by Gasteiger charge is 2.36. The summed E-state index contributed by atoms with van der Waals surface area (Å²) in [5.74, 6) is -0.290. The van der Waals surface area contributed by atoms with E-state index in [4.69, 9.17) is 11.6 Å². The van der Waals surface area contributed by atoms with Crippen LogP contribution < -0.4 is 4.90 Å². The topological polar surface area (TPSA) is 75.4 Å². The fourth-order valence-electron chi connectivity index (χ4n) is 4.89. The third kappa shape index (κ3) is 6.95. The molecule has 5 rings (SSSR count). The number of halogens is 3. The highest BCUT2D eigenvalue weighted by molar-refractivity contribution is 6.30. The maximum atomic E-state index is 13.5. The van der Waals surface area contributed by atoms with Crippen LogP contribution in [-0.4, -0.2) is 66.4 Å². The lowest BCUT2D eigenvalue weighted by Crippen LogP contribution is -2.49. The Hall–Kier alpha value is -2.87. The molecule has 3 aromatic rings. The number of rotatable bonds is 6. The van der Waals surface area contributed by atoms with Crippen LogP contribution in [0, 0.1) is 0 Å². The molecule has 2 aliphatic heterocycles. The number of nitrogens with zero attached hydrogens (tertiary/aromatic N) is 3. The maximum absolute atomic E-state index is 13.5. The normalized spacial score (nSPS) is 15.4. The first-order chi connectivity index (χ1) is 17.1. The molecule has 0 aromatic heterocycles. The van der Waals surface area contributed by atoms with Gasteiger partial charge in [-0.3, -0.25) is 19.4 Å². The van der Waals surface area contributed by atoms with Gasteiger partial charge in [0.2, 0.25) is 5.91 Å². The van der Waals surface area contributed by atoms with Gasteiger partial charge in [-0.2, -0.15) is 0 Å². The third-order valence-corrected chi connectivity index (χ3v) is 6.98. The van der Waals surface area contributed by atoms with Gasteiger partial charge in [0.25, 0.3) is 5.91 Å². The van der Waals surface area contributed by atoms with E-state index in [1.165, 1.54) is 4.90 Å². The van der Waals surface area contributed by atoms with Gasteiger partial charge in [-0.25, -0.2) is 0 Å². The fourth-order valence-corrected chi connectivity index (χ4v) is 5.07. The van der Waals surface area contributed by atoms with E-state index in [9.17, 15) is 9.59 Å². The van der Waals surface area contributed by atoms with Crippen molar-refractivity contribution >= 4 is 59.5 Å². The van der Waals surface area contributed by atoms with Gasteiger partial charge >= 0.3 is 0 Å². The summed E-state index contributed by atoms with van der Waals surface area (Å²) in [6.07, 6.45) is 0.139. The monoisotopic (exact) mass is 575 g/mol. The Morgan fingerprint density at radius 2 is 1.32 bits per heavy atom. The average molecular weight is 577 g/mol. The van der Waals surface area contributed by atoms with Gasteiger partial charge in [-0.1, -0.05) is 78.3 Å². The Balaban J connectivity index is 0.00000169. The smallest absolute Gasteiger partial charge is 0.257 e. The molecule has 0 radical (unpaired) electrons. The highest BCUT2D eigenvalue weighted by Crippen LogP contribution is 2.33. The number of hydrogen-bond acceptors (Lipinski definition) is 4. The second-order valence-corrected chi connectivity index (χ2v) is 9.36. The predicted octanol–water partition coefficient (Wildman–Crippen LogP) is 4.74. The lowest BCUT2D eigenvalue weighted by atomic mass is 9.92. The van der Waals surface area contributed by atoms with Crippen LogP contribution in [0.2, 0.25) is 5.02 Å². The molecule has 0 unspecified atom stereocenters. The van der Waals surface area contributed by atoms with Gasteiger partial charge in [0, 0.05) is 55.6 Å². The fraction of sp³-hybridized carbons (Fsp3) is 0.241. The van der Waals surface area contributed by atoms with E-state index in [2.05, 4.69) is 15.9 Å². The van der Waals surface area contributed by atoms with Crippen LogP contribution in [0.3, 0.4) is 0 Å². The van der Waals surface area contributed by atoms with Gasteiger partial charge in [-0.05, 0) is 34.9 Å². The molecule has 0 atom stereocenters. The number of anilines is 1. The molecule has 2 heterocycles. The van der Waals surface area contributed by atoms with Crippen LogP contribution in [0.5, 0.6) is 0 Å². The molecular weight excluding hydrogens is 545 g/mol. The molecule has 2 amide bonds. The lowest BCUT2D eigenvalue weighted by Gasteiger charge is -2.36. The van der Waals surface area contributed by atoms with E-state index in [1.807, 2.05) is 78.9 Å². The first kappa shape index (κ1) is 31.3. The molecule has 6 nitrogen and oxygen atoms in total. The largest absolute Gasteiger partial charge is 0.412 e. The zero-order chi connectivity index (χ0) is 24.2. The SMILES string of the molecule is Cl.Cl.O.O=C1CC(=C(c2ccccc2)c2ccccc2)C(=O)N1CCN1CCN(c2cccc(Cl)c2)CC1. The summed E-state index contributed by atoms with van der Waals surface area (Å²) >= 11 is 6.14. The molecule has 0 aliphatic carbocycles. The molecule has 38 heavy (non-hydrogen) atoms. The van der Waals surface area contributed by atoms with Gasteiger partial charge in [0.05, 0.1) is 6.42 Å². The van der Waals surface area contributed by atoms with Crippen molar-refractivity contribution in [2.75, 3.05) is 44.2 Å². The maximum Gasteiger partial charge on any atom is 0.257 e. The summed E-state index contributed by atoms with van der Waals surface area (Å²) in [5, 5.41) is 0.741. The molecule has 3 aromatic carbocycles. The van der Waals surface area contributed by atoms with Gasteiger partial charge in [-0.15, -0.1) is 24.8 Å². The molecule has 2 fully saturated rings. The number of benzene rings is 3. The van der Waals surface area contributed by atoms with Crippen molar-refractivity contribution in [2.24, 2.45) is 0 Å². The standard InChI is InChI=1S/C29H28ClN3O2.2ClH.H2O/c30-24-12-7-13-25(20-24)32-17-14-31(15-18-32)16-19-33-27(34)21-26(29(33)35)28(22-8-3-1-4-9-22)23-10-5-2-6-11-23;;;/h1-13,20H,14-19,21H2;2*1H;1H2. The van der Waals surface area contributed by atoms with Crippen LogP contribution in [-0.2, 0) is 9.59 Å². The van der Waals surface area contributed by atoms with Crippen molar-refractivity contribution in [3.63, 3.8) is 0 Å². The van der Waals surface area contributed by atoms with Crippen LogP contribution in [0.15, 0.2) is 90.5 Å². The molecule has 9 heteroatoms. The first-order valence-electron chi connectivity index (χ1n) is 12.0. The van der Waals surface area contributed by atoms with E-state index >= 15 is 0 Å². The molecule has 2 N–H and O–H groups in total. The molecular formula is C29H32Cl3N3O3. The third-order valence-electron chi connectivity index (χ3n) is 6.74. The minimum absolute atomic E-state index is 0. The molecule has 2 saturated heterocycles. The number of hydrogen-bond donors (Lipinski definition) is 0. The summed E-state index contributed by atoms with van der Waals surface area (Å²) in [4.78, 5) is 32.5. The first-order valence-corrected chi connectivity index (χ1v) is 12.4. The summed E-state index contributed by atoms with van der Waals surface area (Å²) in [5.41, 5.74) is 4.47. The summed E-state index contributed by atoms with van der Waals surface area (Å²) in [6.45, 7) is 4.63. The van der Waals surface area contributed by atoms with Gasteiger partial charge in [0.1, 0.15) is 0 Å². The van der Waals surface area contributed by atoms with Crippen molar-refractivity contribution < 1.29 is 15.1 Å². The second kappa shape index (κ2) is 14.3. The van der Waals surface area contributed by atoms with E-state index in [-0.39, 0.29) is 48.5 Å². The number of imide groups is 1. The molecule has 0 spiro atoms. The summed E-state index contributed by atoms with van der Waals surface area (Å²) < 4.78 is 0. The molecule has 202 valence electrons. The number of amides is 2. The van der Waals surface area contributed by atoms with E-state index in [0.717, 1.165) is 53.6 Å². The highest BCUT2D eigenvalue weighted by atomic mass is 35.5. The van der Waals surface area contributed by atoms with Gasteiger partial charge < -0.3 is 10.4 Å². The average Bonchev–Trinajstić information content (AvgIpc) is 3.17. The second-order valence-electron chi connectivity index (χ2n) is 8.92. The van der Waals surface area contributed by atoms with E-state index in [0.29, 0.717) is 18.7 Å². The van der Waals surface area contributed by atoms with Crippen LogP contribution in [0.1, 0.15) is 17.5 Å². The number of likely N-dealkylation sites (tertiary alicyclic amines) is 1. The summed E-state index contributed by atoms with van der Waals surface area (Å²) in [6, 6.07) is 27.7. The summed E-state index contributed by atoms with van der Waals surface area (Å²) in [7, 11) is 0. The predicted molar refractivity (Wildman–Crippen MR) is 158 cm³/mol. The molecule has 2 aliphatic rings. The lowest BCUT2D eigenvalue weighted by molar-refractivity contribution is -0.137. The minimum Gasteiger partial charge on any atom is -0.412 e. The van der Waals surface area contributed by atoms with Crippen LogP contribution >= 0.6 is 36.4 Å². The molecule has 0 bridgehead atoms. The van der Waals surface area contributed by atoms with Crippen LogP contribution in [0.25, 0.3) is 5.57 Å². The van der Waals surface area contributed by atoms with Crippen molar-refractivity contribution in [1.29, 1.82) is 0 Å². The quantitative estimate of drug-likeness (QED) is 0.314. The number of piperazine rings is 1. The van der Waals surface area contributed by atoms with Crippen LogP contribution in [0.4, 0.5) is 5.69 Å². The zero-order valence-corrected chi connectivity index (χ0v) is 23.3. The Kier molecular flexibility index (Phi) is 11.8. The van der Waals surface area contributed by atoms with Gasteiger partial charge in [0.15, 0.2) is 0 Å². The Morgan fingerprint density at radius 3 is 1.87 bits per heavy atom.